The second-order valence-corrected chi connectivity index (χ2v) is 7.86. The first-order valence-electron chi connectivity index (χ1n) is 9.19. The zero-order valence-corrected chi connectivity index (χ0v) is 19.2. The van der Waals surface area contributed by atoms with E-state index >= 15 is 0 Å². The quantitative estimate of drug-likeness (QED) is 0.509. The van der Waals surface area contributed by atoms with Gasteiger partial charge in [0.2, 0.25) is 5.91 Å². The summed E-state index contributed by atoms with van der Waals surface area (Å²) in [5.74, 6) is 0.253. The smallest absolute Gasteiger partial charge is 0.257 e. The average Bonchev–Trinajstić information content (AvgIpc) is 2.66. The van der Waals surface area contributed by atoms with Crippen LogP contribution in [0.15, 0.2) is 40.9 Å². The number of anilines is 2. The number of ether oxygens (including phenoxy) is 1. The van der Waals surface area contributed by atoms with Gasteiger partial charge >= 0.3 is 0 Å². The van der Waals surface area contributed by atoms with Crippen molar-refractivity contribution in [3.05, 3.63) is 52.0 Å². The Morgan fingerprint density at radius 1 is 1.14 bits per heavy atom. The minimum Gasteiger partial charge on any atom is -0.490 e. The molecule has 2 aromatic carbocycles. The topological polar surface area (TPSA) is 79.5 Å². The molecule has 0 bridgehead atoms. The molecule has 0 fully saturated rings. The maximum Gasteiger partial charge on any atom is 0.257 e. The first kappa shape index (κ1) is 22.8. The fourth-order valence-corrected chi connectivity index (χ4v) is 3.14. The van der Waals surface area contributed by atoms with Crippen molar-refractivity contribution in [1.29, 1.82) is 0 Å². The van der Waals surface area contributed by atoms with Crippen molar-refractivity contribution >= 4 is 56.4 Å². The van der Waals surface area contributed by atoms with E-state index in [1.807, 2.05) is 32.9 Å². The number of hydrogen-bond acceptors (Lipinski definition) is 4. The lowest BCUT2D eigenvalue weighted by atomic mass is 10.1. The Balaban J connectivity index is 2.06. The van der Waals surface area contributed by atoms with Gasteiger partial charge in [-0.05, 0) is 84.8 Å². The number of thiocarbonyl (C=S) groups is 1. The van der Waals surface area contributed by atoms with E-state index in [1.54, 1.807) is 31.2 Å². The molecule has 3 N–H and O–H groups in total. The highest BCUT2D eigenvalue weighted by molar-refractivity contribution is 9.10. The SMILES string of the molecule is CCC(=O)Nc1cccc(NC(=S)NC(=O)c2ccc(OC(C)C)c(Br)c2)c1C. The van der Waals surface area contributed by atoms with Crippen LogP contribution in [0.5, 0.6) is 5.75 Å². The van der Waals surface area contributed by atoms with Gasteiger partial charge < -0.3 is 15.4 Å². The van der Waals surface area contributed by atoms with Crippen molar-refractivity contribution in [3.63, 3.8) is 0 Å². The second kappa shape index (κ2) is 10.4. The van der Waals surface area contributed by atoms with E-state index in [9.17, 15) is 9.59 Å². The van der Waals surface area contributed by atoms with Crippen molar-refractivity contribution < 1.29 is 14.3 Å². The van der Waals surface area contributed by atoms with Gasteiger partial charge in [-0.25, -0.2) is 0 Å². The Labute approximate surface area is 184 Å². The van der Waals surface area contributed by atoms with Crippen LogP contribution in [0.25, 0.3) is 0 Å². The van der Waals surface area contributed by atoms with E-state index in [4.69, 9.17) is 17.0 Å². The van der Waals surface area contributed by atoms with Gasteiger partial charge in [0.05, 0.1) is 10.6 Å². The Kier molecular flexibility index (Phi) is 8.16. The molecule has 2 amide bonds. The van der Waals surface area contributed by atoms with Crippen molar-refractivity contribution in [2.24, 2.45) is 0 Å². The number of benzene rings is 2. The highest BCUT2D eigenvalue weighted by Gasteiger charge is 2.13. The molecule has 0 unspecified atom stereocenters. The van der Waals surface area contributed by atoms with Crippen molar-refractivity contribution in [2.45, 2.75) is 40.2 Å². The lowest BCUT2D eigenvalue weighted by molar-refractivity contribution is -0.115. The third-order valence-electron chi connectivity index (χ3n) is 3.96. The number of hydrogen-bond donors (Lipinski definition) is 3. The summed E-state index contributed by atoms with van der Waals surface area (Å²) in [6, 6.07) is 10.5. The summed E-state index contributed by atoms with van der Waals surface area (Å²) < 4.78 is 6.34. The third-order valence-corrected chi connectivity index (χ3v) is 4.78. The van der Waals surface area contributed by atoms with Gasteiger partial charge in [0.15, 0.2) is 5.11 Å². The standard InChI is InChI=1S/C21H24BrN3O3S/c1-5-19(26)23-16-7-6-8-17(13(16)4)24-21(29)25-20(27)14-9-10-18(15(22)11-14)28-12(2)3/h6-12H,5H2,1-4H3,(H,23,26)(H2,24,25,27,29). The molecule has 154 valence electrons. The van der Waals surface area contributed by atoms with Crippen LogP contribution in [0.3, 0.4) is 0 Å². The molecule has 2 aromatic rings. The van der Waals surface area contributed by atoms with Crippen molar-refractivity contribution in [3.8, 4) is 5.75 Å². The Morgan fingerprint density at radius 3 is 2.38 bits per heavy atom. The van der Waals surface area contributed by atoms with E-state index in [-0.39, 0.29) is 23.0 Å². The second-order valence-electron chi connectivity index (χ2n) is 6.60. The summed E-state index contributed by atoms with van der Waals surface area (Å²) in [4.78, 5) is 24.2. The molecule has 0 saturated heterocycles. The van der Waals surface area contributed by atoms with Gasteiger partial charge in [0.1, 0.15) is 5.75 Å². The first-order valence-corrected chi connectivity index (χ1v) is 10.4. The highest BCUT2D eigenvalue weighted by atomic mass is 79.9. The van der Waals surface area contributed by atoms with E-state index in [0.29, 0.717) is 33.6 Å². The fraction of sp³-hybridized carbons (Fsp3) is 0.286. The summed E-state index contributed by atoms with van der Waals surface area (Å²) in [6.45, 7) is 7.52. The van der Waals surface area contributed by atoms with E-state index in [0.717, 1.165) is 5.56 Å². The third kappa shape index (κ3) is 6.54. The minimum atomic E-state index is -0.340. The molecule has 29 heavy (non-hydrogen) atoms. The number of carbonyl (C=O) groups is 2. The molecule has 2 rings (SSSR count). The molecule has 0 aromatic heterocycles. The molecule has 0 spiro atoms. The Bertz CT molecular complexity index is 931. The van der Waals surface area contributed by atoms with Crippen LogP contribution < -0.4 is 20.7 Å². The molecule has 0 aliphatic rings. The molecule has 0 aliphatic heterocycles. The summed E-state index contributed by atoms with van der Waals surface area (Å²) >= 11 is 8.69. The summed E-state index contributed by atoms with van der Waals surface area (Å²) in [5, 5.41) is 8.67. The summed E-state index contributed by atoms with van der Waals surface area (Å²) in [5.41, 5.74) is 2.66. The minimum absolute atomic E-state index is 0.0314. The normalized spacial score (nSPS) is 10.4. The van der Waals surface area contributed by atoms with E-state index < -0.39 is 0 Å². The summed E-state index contributed by atoms with van der Waals surface area (Å²) in [6.07, 6.45) is 0.422. The average molecular weight is 478 g/mol. The molecule has 8 heteroatoms. The molecule has 0 radical (unpaired) electrons. The van der Waals surface area contributed by atoms with Gasteiger partial charge in [-0.3, -0.25) is 14.9 Å². The molecule has 6 nitrogen and oxygen atoms in total. The Morgan fingerprint density at radius 2 is 1.79 bits per heavy atom. The number of amides is 2. The zero-order chi connectivity index (χ0) is 21.6. The van der Waals surface area contributed by atoms with Gasteiger partial charge in [-0.2, -0.15) is 0 Å². The molecule has 0 saturated carbocycles. The van der Waals surface area contributed by atoms with Crippen molar-refractivity contribution in [1.82, 2.24) is 5.32 Å². The lowest BCUT2D eigenvalue weighted by Gasteiger charge is -2.15. The number of rotatable bonds is 6. The van der Waals surface area contributed by atoms with Gasteiger partial charge in [0.25, 0.3) is 5.91 Å². The maximum absolute atomic E-state index is 12.5. The molecule has 0 aliphatic carbocycles. The summed E-state index contributed by atoms with van der Waals surface area (Å²) in [7, 11) is 0. The predicted molar refractivity (Wildman–Crippen MR) is 124 cm³/mol. The van der Waals surface area contributed by atoms with Gasteiger partial charge in [0, 0.05) is 23.4 Å². The van der Waals surface area contributed by atoms with E-state index in [2.05, 4.69) is 31.9 Å². The number of halogens is 1. The van der Waals surface area contributed by atoms with Crippen LogP contribution in [0.1, 0.15) is 43.1 Å². The molecular formula is C21H24BrN3O3S. The number of nitrogens with one attached hydrogen (secondary N) is 3. The largest absolute Gasteiger partial charge is 0.490 e. The molecule has 0 atom stereocenters. The molecule has 0 heterocycles. The Hall–Kier alpha value is -2.45. The fourth-order valence-electron chi connectivity index (χ4n) is 2.47. The predicted octanol–water partition coefficient (Wildman–Crippen LogP) is 5.02. The van der Waals surface area contributed by atoms with E-state index in [1.165, 1.54) is 0 Å². The van der Waals surface area contributed by atoms with Crippen LogP contribution >= 0.6 is 28.1 Å². The number of carbonyl (C=O) groups excluding carboxylic acids is 2. The molecular weight excluding hydrogens is 454 g/mol. The highest BCUT2D eigenvalue weighted by Crippen LogP contribution is 2.27. The maximum atomic E-state index is 12.5. The van der Waals surface area contributed by atoms with Crippen LogP contribution in [0.2, 0.25) is 0 Å². The van der Waals surface area contributed by atoms with Gasteiger partial charge in [-0.1, -0.05) is 13.0 Å². The van der Waals surface area contributed by atoms with Crippen LogP contribution in [-0.2, 0) is 4.79 Å². The van der Waals surface area contributed by atoms with Gasteiger partial charge in [-0.15, -0.1) is 0 Å². The van der Waals surface area contributed by atoms with Crippen LogP contribution in [0, 0.1) is 6.92 Å². The zero-order valence-electron chi connectivity index (χ0n) is 16.8. The van der Waals surface area contributed by atoms with Crippen LogP contribution in [0.4, 0.5) is 11.4 Å². The lowest BCUT2D eigenvalue weighted by Crippen LogP contribution is -2.34. The van der Waals surface area contributed by atoms with Crippen molar-refractivity contribution in [2.75, 3.05) is 10.6 Å². The monoisotopic (exact) mass is 477 g/mol. The van der Waals surface area contributed by atoms with Crippen LogP contribution in [-0.4, -0.2) is 23.0 Å². The first-order chi connectivity index (χ1) is 13.7.